The molecule has 1 aliphatic carbocycles. The predicted octanol–water partition coefficient (Wildman–Crippen LogP) is 3.29. The first kappa shape index (κ1) is 15.3. The summed E-state index contributed by atoms with van der Waals surface area (Å²) in [6.07, 6.45) is 4.08. The quantitative estimate of drug-likeness (QED) is 0.868. The van der Waals surface area contributed by atoms with E-state index in [2.05, 4.69) is 25.2 Å². The van der Waals surface area contributed by atoms with Crippen molar-refractivity contribution in [2.75, 3.05) is 13.7 Å². The molecule has 1 saturated carbocycles. The van der Waals surface area contributed by atoms with Crippen LogP contribution in [0.5, 0.6) is 5.75 Å². The van der Waals surface area contributed by atoms with Crippen molar-refractivity contribution in [1.29, 1.82) is 0 Å². The number of rotatable bonds is 5. The summed E-state index contributed by atoms with van der Waals surface area (Å²) in [6, 6.07) is 8.31. The molecule has 2 rings (SSSR count). The van der Waals surface area contributed by atoms with Gasteiger partial charge in [0.1, 0.15) is 5.75 Å². The van der Waals surface area contributed by atoms with Gasteiger partial charge in [-0.05, 0) is 56.2 Å². The Bertz CT molecular complexity index is 425. The molecule has 1 atom stereocenters. The molecule has 0 aromatic heterocycles. The van der Waals surface area contributed by atoms with Gasteiger partial charge in [0.15, 0.2) is 0 Å². The lowest BCUT2D eigenvalue weighted by Crippen LogP contribution is -2.44. The number of methoxy groups -OCH3 is 1. The molecular formula is C17H27NO2. The van der Waals surface area contributed by atoms with E-state index < -0.39 is 5.60 Å². The summed E-state index contributed by atoms with van der Waals surface area (Å²) in [5.74, 6) is 1.63. The maximum Gasteiger partial charge on any atom is 0.119 e. The molecule has 1 aromatic rings. The highest BCUT2D eigenvalue weighted by Gasteiger charge is 2.31. The second-order valence-electron chi connectivity index (χ2n) is 6.29. The Morgan fingerprint density at radius 2 is 2.10 bits per heavy atom. The standard InChI is InChI=1S/C17H27NO2/c1-13-7-9-17(19,10-8-13)12-18-14(2)15-5-4-6-16(11-15)20-3/h4-6,11,13-14,18-19H,7-10,12H2,1-3H3. The Kier molecular flexibility index (Phi) is 5.06. The molecule has 0 aliphatic heterocycles. The molecule has 1 aromatic carbocycles. The molecule has 0 amide bonds. The summed E-state index contributed by atoms with van der Waals surface area (Å²) in [5.41, 5.74) is 0.664. The van der Waals surface area contributed by atoms with E-state index in [9.17, 15) is 5.11 Å². The van der Waals surface area contributed by atoms with Gasteiger partial charge in [0.2, 0.25) is 0 Å². The molecule has 3 nitrogen and oxygen atoms in total. The highest BCUT2D eigenvalue weighted by Crippen LogP contribution is 2.31. The van der Waals surface area contributed by atoms with Crippen LogP contribution in [-0.4, -0.2) is 24.4 Å². The van der Waals surface area contributed by atoms with Crippen LogP contribution in [0.15, 0.2) is 24.3 Å². The van der Waals surface area contributed by atoms with E-state index in [0.717, 1.165) is 37.4 Å². The summed E-state index contributed by atoms with van der Waals surface area (Å²) in [4.78, 5) is 0. The van der Waals surface area contributed by atoms with Crippen LogP contribution in [0.1, 0.15) is 51.1 Å². The smallest absolute Gasteiger partial charge is 0.119 e. The molecule has 1 unspecified atom stereocenters. The molecule has 2 N–H and O–H groups in total. The summed E-state index contributed by atoms with van der Waals surface area (Å²) >= 11 is 0. The van der Waals surface area contributed by atoms with Crippen LogP contribution in [0.2, 0.25) is 0 Å². The Morgan fingerprint density at radius 1 is 1.40 bits per heavy atom. The largest absolute Gasteiger partial charge is 0.497 e. The highest BCUT2D eigenvalue weighted by atomic mass is 16.5. The third-order valence-electron chi connectivity index (χ3n) is 4.54. The molecular weight excluding hydrogens is 250 g/mol. The van der Waals surface area contributed by atoms with Gasteiger partial charge < -0.3 is 15.2 Å². The first-order chi connectivity index (χ1) is 9.52. The zero-order valence-electron chi connectivity index (χ0n) is 12.9. The van der Waals surface area contributed by atoms with Crippen LogP contribution >= 0.6 is 0 Å². The molecule has 1 fully saturated rings. The second kappa shape index (κ2) is 6.59. The van der Waals surface area contributed by atoms with Gasteiger partial charge in [-0.2, -0.15) is 0 Å². The zero-order chi connectivity index (χ0) is 14.6. The molecule has 0 bridgehead atoms. The van der Waals surface area contributed by atoms with E-state index in [0.29, 0.717) is 6.54 Å². The molecule has 1 aliphatic rings. The van der Waals surface area contributed by atoms with Crippen LogP contribution in [0.4, 0.5) is 0 Å². The fourth-order valence-electron chi connectivity index (χ4n) is 2.85. The SMILES string of the molecule is COc1cccc(C(C)NCC2(O)CCC(C)CC2)c1. The summed E-state index contributed by atoms with van der Waals surface area (Å²) in [7, 11) is 1.68. The minimum absolute atomic E-state index is 0.216. The highest BCUT2D eigenvalue weighted by molar-refractivity contribution is 5.30. The number of ether oxygens (including phenoxy) is 1. The van der Waals surface area contributed by atoms with Crippen molar-refractivity contribution >= 4 is 0 Å². The topological polar surface area (TPSA) is 41.5 Å². The number of nitrogens with one attached hydrogen (secondary N) is 1. The van der Waals surface area contributed by atoms with Gasteiger partial charge in [-0.3, -0.25) is 0 Å². The Labute approximate surface area is 122 Å². The average Bonchev–Trinajstić information content (AvgIpc) is 2.48. The molecule has 3 heteroatoms. The number of aliphatic hydroxyl groups is 1. The maximum absolute atomic E-state index is 10.6. The van der Waals surface area contributed by atoms with Gasteiger partial charge in [-0.15, -0.1) is 0 Å². The van der Waals surface area contributed by atoms with Crippen molar-refractivity contribution in [1.82, 2.24) is 5.32 Å². The number of hydrogen-bond acceptors (Lipinski definition) is 3. The second-order valence-corrected chi connectivity index (χ2v) is 6.29. The third kappa shape index (κ3) is 3.97. The minimum atomic E-state index is -0.528. The third-order valence-corrected chi connectivity index (χ3v) is 4.54. The van der Waals surface area contributed by atoms with Gasteiger partial charge >= 0.3 is 0 Å². The number of hydrogen-bond donors (Lipinski definition) is 2. The van der Waals surface area contributed by atoms with Gasteiger partial charge in [0.05, 0.1) is 12.7 Å². The van der Waals surface area contributed by atoms with Crippen LogP contribution in [0.25, 0.3) is 0 Å². The summed E-state index contributed by atoms with van der Waals surface area (Å²) < 4.78 is 5.25. The van der Waals surface area contributed by atoms with Gasteiger partial charge in [0.25, 0.3) is 0 Å². The zero-order valence-corrected chi connectivity index (χ0v) is 12.9. The van der Waals surface area contributed by atoms with E-state index in [1.165, 1.54) is 5.56 Å². The van der Waals surface area contributed by atoms with E-state index in [4.69, 9.17) is 4.74 Å². The van der Waals surface area contributed by atoms with E-state index in [1.807, 2.05) is 18.2 Å². The lowest BCUT2D eigenvalue weighted by atomic mass is 9.79. The van der Waals surface area contributed by atoms with Crippen LogP contribution in [0.3, 0.4) is 0 Å². The minimum Gasteiger partial charge on any atom is -0.497 e. The van der Waals surface area contributed by atoms with Gasteiger partial charge in [-0.25, -0.2) is 0 Å². The van der Waals surface area contributed by atoms with Crippen LogP contribution < -0.4 is 10.1 Å². The first-order valence-corrected chi connectivity index (χ1v) is 7.62. The fourth-order valence-corrected chi connectivity index (χ4v) is 2.85. The number of benzene rings is 1. The van der Waals surface area contributed by atoms with E-state index in [-0.39, 0.29) is 6.04 Å². The van der Waals surface area contributed by atoms with Crippen molar-refractivity contribution in [3.05, 3.63) is 29.8 Å². The van der Waals surface area contributed by atoms with Crippen LogP contribution in [0, 0.1) is 5.92 Å². The van der Waals surface area contributed by atoms with Crippen molar-refractivity contribution < 1.29 is 9.84 Å². The Morgan fingerprint density at radius 3 is 2.75 bits per heavy atom. The molecule has 112 valence electrons. The van der Waals surface area contributed by atoms with E-state index >= 15 is 0 Å². The molecule has 0 saturated heterocycles. The molecule has 20 heavy (non-hydrogen) atoms. The maximum atomic E-state index is 10.6. The van der Waals surface area contributed by atoms with Crippen molar-refractivity contribution in [3.8, 4) is 5.75 Å². The molecule has 0 heterocycles. The Balaban J connectivity index is 1.89. The van der Waals surface area contributed by atoms with Gasteiger partial charge in [0, 0.05) is 12.6 Å². The van der Waals surface area contributed by atoms with Gasteiger partial charge in [-0.1, -0.05) is 19.1 Å². The lowest BCUT2D eigenvalue weighted by Gasteiger charge is -2.36. The summed E-state index contributed by atoms with van der Waals surface area (Å²) in [5, 5.41) is 14.1. The average molecular weight is 277 g/mol. The Hall–Kier alpha value is -1.06. The lowest BCUT2D eigenvalue weighted by molar-refractivity contribution is -0.00783. The van der Waals surface area contributed by atoms with Crippen molar-refractivity contribution in [3.63, 3.8) is 0 Å². The first-order valence-electron chi connectivity index (χ1n) is 7.62. The normalized spacial score (nSPS) is 28.1. The van der Waals surface area contributed by atoms with E-state index in [1.54, 1.807) is 7.11 Å². The fraction of sp³-hybridized carbons (Fsp3) is 0.647. The molecule has 0 spiro atoms. The van der Waals surface area contributed by atoms with Crippen LogP contribution in [-0.2, 0) is 0 Å². The molecule has 0 radical (unpaired) electrons. The predicted molar refractivity (Wildman–Crippen MR) is 82.0 cm³/mol. The monoisotopic (exact) mass is 277 g/mol. The van der Waals surface area contributed by atoms with Crippen molar-refractivity contribution in [2.24, 2.45) is 5.92 Å². The van der Waals surface area contributed by atoms with Crippen molar-refractivity contribution in [2.45, 2.75) is 51.2 Å². The summed E-state index contributed by atoms with van der Waals surface area (Å²) in [6.45, 7) is 5.06.